The van der Waals surface area contributed by atoms with Crippen molar-refractivity contribution in [3.8, 4) is 5.75 Å². The Balaban J connectivity index is 1.71. The first-order valence-electron chi connectivity index (χ1n) is 8.99. The maximum absolute atomic E-state index is 10.2. The molecule has 0 unspecified atom stereocenters. The molecular weight excluding hydrogens is 352 g/mol. The summed E-state index contributed by atoms with van der Waals surface area (Å²) in [6.45, 7) is 1.87. The number of aliphatic hydroxyl groups excluding tert-OH is 4. The van der Waals surface area contributed by atoms with E-state index in [0.29, 0.717) is 5.75 Å². The summed E-state index contributed by atoms with van der Waals surface area (Å²) >= 11 is 1.58. The second-order valence-electron chi connectivity index (χ2n) is 6.86. The molecule has 142 valence electrons. The molecule has 1 aromatic heterocycles. The highest BCUT2D eigenvalue weighted by molar-refractivity contribution is 7.10. The highest BCUT2D eigenvalue weighted by atomic mass is 32.1. The van der Waals surface area contributed by atoms with Crippen molar-refractivity contribution in [3.63, 3.8) is 0 Å². The highest BCUT2D eigenvalue weighted by Crippen LogP contribution is 2.33. The van der Waals surface area contributed by atoms with Crippen LogP contribution in [-0.2, 0) is 12.8 Å². The first-order chi connectivity index (χ1) is 12.5. The van der Waals surface area contributed by atoms with Gasteiger partial charge in [0.2, 0.25) is 0 Å². The van der Waals surface area contributed by atoms with E-state index in [4.69, 9.17) is 4.74 Å². The number of thiophene rings is 1. The Hall–Kier alpha value is -1.44. The van der Waals surface area contributed by atoms with Crippen molar-refractivity contribution in [3.05, 3.63) is 51.7 Å². The third-order valence-electron chi connectivity index (χ3n) is 5.11. The zero-order chi connectivity index (χ0) is 18.7. The van der Waals surface area contributed by atoms with Gasteiger partial charge < -0.3 is 25.2 Å². The third-order valence-corrected chi connectivity index (χ3v) is 6.01. The van der Waals surface area contributed by atoms with Crippen LogP contribution in [0.3, 0.4) is 0 Å². The fourth-order valence-corrected chi connectivity index (χ4v) is 4.22. The van der Waals surface area contributed by atoms with E-state index in [1.165, 1.54) is 11.1 Å². The van der Waals surface area contributed by atoms with Gasteiger partial charge in [-0.05, 0) is 35.4 Å². The first kappa shape index (κ1) is 19.3. The molecule has 1 aliphatic rings. The number of hydrogen-bond donors (Lipinski definition) is 4. The zero-order valence-electron chi connectivity index (χ0n) is 14.8. The van der Waals surface area contributed by atoms with Gasteiger partial charge in [0.25, 0.3) is 0 Å². The number of aryl methyl sites for hydroxylation is 1. The Morgan fingerprint density at radius 3 is 2.35 bits per heavy atom. The van der Waals surface area contributed by atoms with Gasteiger partial charge >= 0.3 is 0 Å². The van der Waals surface area contributed by atoms with E-state index in [0.717, 1.165) is 17.7 Å². The predicted octanol–water partition coefficient (Wildman–Crippen LogP) is 1.74. The lowest BCUT2D eigenvalue weighted by Gasteiger charge is -2.39. The maximum atomic E-state index is 10.2. The van der Waals surface area contributed by atoms with Crippen LogP contribution >= 0.6 is 11.3 Å². The molecule has 3 rings (SSSR count). The number of rotatable bonds is 6. The molecule has 1 fully saturated rings. The van der Waals surface area contributed by atoms with Gasteiger partial charge in [-0.3, -0.25) is 0 Å². The Kier molecular flexibility index (Phi) is 6.32. The number of aliphatic hydroxyl groups is 4. The van der Waals surface area contributed by atoms with Crippen LogP contribution in [0, 0.1) is 5.92 Å². The minimum atomic E-state index is -1.32. The average molecular weight is 378 g/mol. The van der Waals surface area contributed by atoms with E-state index in [9.17, 15) is 20.4 Å². The standard InChI is InChI=1S/C20H26O5S/c1-2-12-3-5-13(6-4-12)9-17-15(7-8-26-17)25-16-10-14(11-21)18(22)20(24)19(16)23/h3-8,14,16,18-24H,2,9-11H2,1H3/t14-,16-,18-,19+,20+/m1/s1. The minimum Gasteiger partial charge on any atom is -0.486 e. The largest absolute Gasteiger partial charge is 0.486 e. The van der Waals surface area contributed by atoms with E-state index < -0.39 is 30.3 Å². The van der Waals surface area contributed by atoms with Gasteiger partial charge in [-0.25, -0.2) is 0 Å². The summed E-state index contributed by atoms with van der Waals surface area (Å²) in [6, 6.07) is 10.3. The Morgan fingerprint density at radius 1 is 1.00 bits per heavy atom. The van der Waals surface area contributed by atoms with Crippen molar-refractivity contribution >= 4 is 11.3 Å². The third kappa shape index (κ3) is 4.10. The molecule has 0 aliphatic heterocycles. The summed E-state index contributed by atoms with van der Waals surface area (Å²) in [5.74, 6) is 0.168. The molecule has 0 bridgehead atoms. The molecule has 1 aliphatic carbocycles. The van der Waals surface area contributed by atoms with Crippen molar-refractivity contribution in [1.29, 1.82) is 0 Å². The van der Waals surface area contributed by atoms with Crippen LogP contribution in [-0.4, -0.2) is 51.4 Å². The van der Waals surface area contributed by atoms with Crippen molar-refractivity contribution in [2.24, 2.45) is 5.92 Å². The summed E-state index contributed by atoms with van der Waals surface area (Å²) in [5.41, 5.74) is 2.48. The summed E-state index contributed by atoms with van der Waals surface area (Å²) < 4.78 is 5.98. The van der Waals surface area contributed by atoms with Crippen LogP contribution in [0.5, 0.6) is 5.75 Å². The molecule has 6 heteroatoms. The fourth-order valence-electron chi connectivity index (χ4n) is 3.38. The molecule has 5 atom stereocenters. The van der Waals surface area contributed by atoms with Crippen LogP contribution < -0.4 is 4.74 Å². The summed E-state index contributed by atoms with van der Waals surface area (Å²) in [7, 11) is 0. The summed E-state index contributed by atoms with van der Waals surface area (Å²) in [6.07, 6.45) is -2.30. The zero-order valence-corrected chi connectivity index (χ0v) is 15.6. The lowest BCUT2D eigenvalue weighted by atomic mass is 9.81. The van der Waals surface area contributed by atoms with Crippen LogP contribution in [0.15, 0.2) is 35.7 Å². The molecule has 5 nitrogen and oxygen atoms in total. The van der Waals surface area contributed by atoms with Gasteiger partial charge in [0, 0.05) is 18.9 Å². The second-order valence-corrected chi connectivity index (χ2v) is 7.86. The SMILES string of the molecule is CCc1ccc(Cc2sccc2O[C@@H]2C[C@H](CO)[C@@H](O)[C@H](O)[C@H]2O)cc1. The normalized spacial score (nSPS) is 28.9. The molecule has 2 aromatic rings. The van der Waals surface area contributed by atoms with Crippen LogP contribution in [0.1, 0.15) is 29.3 Å². The van der Waals surface area contributed by atoms with Crippen LogP contribution in [0.4, 0.5) is 0 Å². The lowest BCUT2D eigenvalue weighted by Crippen LogP contribution is -2.56. The van der Waals surface area contributed by atoms with Gasteiger partial charge in [0.1, 0.15) is 24.1 Å². The van der Waals surface area contributed by atoms with E-state index in [1.54, 1.807) is 11.3 Å². The Bertz CT molecular complexity index is 696. The molecular formula is C20H26O5S. The number of benzene rings is 1. The summed E-state index contributed by atoms with van der Waals surface area (Å²) in [5, 5.41) is 41.5. The molecule has 1 aromatic carbocycles. The van der Waals surface area contributed by atoms with Crippen molar-refractivity contribution in [2.75, 3.05) is 6.61 Å². The minimum absolute atomic E-state index is 0.259. The van der Waals surface area contributed by atoms with Crippen molar-refractivity contribution < 1.29 is 25.2 Å². The molecule has 0 radical (unpaired) electrons. The monoisotopic (exact) mass is 378 g/mol. The first-order valence-corrected chi connectivity index (χ1v) is 9.87. The fraction of sp³-hybridized carbons (Fsp3) is 0.500. The molecule has 1 heterocycles. The smallest absolute Gasteiger partial charge is 0.134 e. The van der Waals surface area contributed by atoms with Gasteiger partial charge in [-0.2, -0.15) is 0 Å². The van der Waals surface area contributed by atoms with E-state index in [1.807, 2.05) is 11.4 Å². The van der Waals surface area contributed by atoms with Crippen molar-refractivity contribution in [1.82, 2.24) is 0 Å². The molecule has 0 amide bonds. The number of hydrogen-bond acceptors (Lipinski definition) is 6. The van der Waals surface area contributed by atoms with Crippen molar-refractivity contribution in [2.45, 2.75) is 50.6 Å². The molecule has 0 saturated heterocycles. The lowest BCUT2D eigenvalue weighted by molar-refractivity contribution is -0.157. The predicted molar refractivity (Wildman–Crippen MR) is 101 cm³/mol. The Morgan fingerprint density at radius 2 is 1.69 bits per heavy atom. The quantitative estimate of drug-likeness (QED) is 0.615. The molecule has 0 spiro atoms. The van der Waals surface area contributed by atoms with E-state index in [-0.39, 0.29) is 13.0 Å². The molecule has 26 heavy (non-hydrogen) atoms. The van der Waals surface area contributed by atoms with Gasteiger partial charge in [-0.15, -0.1) is 11.3 Å². The van der Waals surface area contributed by atoms with Gasteiger partial charge in [0.15, 0.2) is 0 Å². The van der Waals surface area contributed by atoms with E-state index in [2.05, 4.69) is 31.2 Å². The Labute approximate surface area is 157 Å². The topological polar surface area (TPSA) is 90.2 Å². The second kappa shape index (κ2) is 8.50. The molecule has 1 saturated carbocycles. The van der Waals surface area contributed by atoms with Gasteiger partial charge in [-0.1, -0.05) is 31.2 Å². The number of ether oxygens (including phenoxy) is 1. The van der Waals surface area contributed by atoms with Crippen LogP contribution in [0.2, 0.25) is 0 Å². The highest BCUT2D eigenvalue weighted by Gasteiger charge is 2.43. The van der Waals surface area contributed by atoms with E-state index >= 15 is 0 Å². The van der Waals surface area contributed by atoms with Gasteiger partial charge in [0.05, 0.1) is 11.0 Å². The average Bonchev–Trinajstić information content (AvgIpc) is 3.09. The maximum Gasteiger partial charge on any atom is 0.134 e. The van der Waals surface area contributed by atoms with Crippen LogP contribution in [0.25, 0.3) is 0 Å². The molecule has 4 N–H and O–H groups in total. The summed E-state index contributed by atoms with van der Waals surface area (Å²) in [4.78, 5) is 1.04.